The third kappa shape index (κ3) is 6.18. The van der Waals surface area contributed by atoms with Crippen molar-refractivity contribution in [3.8, 4) is 0 Å². The van der Waals surface area contributed by atoms with Gasteiger partial charge >= 0.3 is 0 Å². The van der Waals surface area contributed by atoms with Crippen LogP contribution in [-0.2, 0) is 0 Å². The Kier molecular flexibility index (Phi) is 9.00. The number of rotatable bonds is 5. The van der Waals surface area contributed by atoms with Crippen LogP contribution in [0.5, 0.6) is 0 Å². The van der Waals surface area contributed by atoms with Crippen LogP contribution in [-0.4, -0.2) is 38.6 Å². The minimum absolute atomic E-state index is 0.218. The second-order valence-corrected chi connectivity index (χ2v) is 24.7. The van der Waals surface area contributed by atoms with Gasteiger partial charge in [-0.15, -0.1) is 0 Å². The van der Waals surface area contributed by atoms with Gasteiger partial charge in [-0.3, -0.25) is 0 Å². The van der Waals surface area contributed by atoms with Crippen LogP contribution in [0.15, 0.2) is 18.6 Å². The van der Waals surface area contributed by atoms with Crippen LogP contribution in [0.1, 0.15) is 41.5 Å². The fourth-order valence-electron chi connectivity index (χ4n) is 1.63. The van der Waals surface area contributed by atoms with Crippen LogP contribution < -0.4 is 0 Å². The van der Waals surface area contributed by atoms with Gasteiger partial charge in [-0.25, -0.2) is 0 Å². The van der Waals surface area contributed by atoms with E-state index in [2.05, 4.69) is 113 Å². The standard InChI is InChI=1S/C18H36I2O2Si2/c1-17(2,3)23(7,8)15(19)11-13(21)14(22)12-16(20)24(9,10)18(4,5)6/h11-14,21-22H,1-10H3/b15-11+,16-12+/t13-,14-/m1/s1. The lowest BCUT2D eigenvalue weighted by molar-refractivity contribution is 0.0808. The second kappa shape index (κ2) is 8.54. The first kappa shape index (κ1) is 25.3. The van der Waals surface area contributed by atoms with Gasteiger partial charge in [0.15, 0.2) is 0 Å². The van der Waals surface area contributed by atoms with Gasteiger partial charge in [0.25, 0.3) is 0 Å². The normalized spacial score (nSPS) is 18.6. The van der Waals surface area contributed by atoms with E-state index in [-0.39, 0.29) is 10.1 Å². The highest BCUT2D eigenvalue weighted by molar-refractivity contribution is 14.1. The molecular formula is C18H36I2O2Si2. The van der Waals surface area contributed by atoms with Crippen molar-refractivity contribution < 1.29 is 10.2 Å². The maximum atomic E-state index is 10.5. The van der Waals surface area contributed by atoms with E-state index in [9.17, 15) is 10.2 Å². The van der Waals surface area contributed by atoms with Gasteiger partial charge in [-0.05, 0) is 28.6 Å². The molecule has 0 aliphatic rings. The molecule has 24 heavy (non-hydrogen) atoms. The fraction of sp³-hybridized carbons (Fsp3) is 0.778. The summed E-state index contributed by atoms with van der Waals surface area (Å²) in [5, 5.41) is 21.4. The molecule has 0 bridgehead atoms. The summed E-state index contributed by atoms with van der Waals surface area (Å²) in [5.74, 6) is 0. The molecule has 2 N–H and O–H groups in total. The highest BCUT2D eigenvalue weighted by atomic mass is 127. The number of hydrogen-bond acceptors (Lipinski definition) is 2. The van der Waals surface area contributed by atoms with Crippen molar-refractivity contribution >= 4 is 61.3 Å². The molecule has 0 rings (SSSR count). The van der Waals surface area contributed by atoms with Gasteiger partial charge in [-0.1, -0.05) is 113 Å². The van der Waals surface area contributed by atoms with Crippen LogP contribution in [0.3, 0.4) is 0 Å². The summed E-state index contributed by atoms with van der Waals surface area (Å²) in [4.78, 5) is 0. The van der Waals surface area contributed by atoms with E-state index in [1.54, 1.807) is 0 Å². The second-order valence-electron chi connectivity index (χ2n) is 9.76. The van der Waals surface area contributed by atoms with Crippen LogP contribution in [0.4, 0.5) is 0 Å². The number of hydrogen-bond donors (Lipinski definition) is 2. The minimum atomic E-state index is -1.66. The zero-order valence-corrected chi connectivity index (χ0v) is 23.3. The molecule has 0 heterocycles. The molecule has 0 fully saturated rings. The van der Waals surface area contributed by atoms with Crippen molar-refractivity contribution in [3.63, 3.8) is 0 Å². The Morgan fingerprint density at radius 3 is 1.08 bits per heavy atom. The Bertz CT molecular complexity index is 452. The molecular weight excluding hydrogens is 558 g/mol. The van der Waals surface area contributed by atoms with Crippen molar-refractivity contribution in [2.75, 3.05) is 0 Å². The zero-order valence-electron chi connectivity index (χ0n) is 17.0. The van der Waals surface area contributed by atoms with Crippen LogP contribution >= 0.6 is 45.2 Å². The van der Waals surface area contributed by atoms with Gasteiger partial charge in [0.2, 0.25) is 0 Å². The van der Waals surface area contributed by atoms with Crippen molar-refractivity contribution in [1.82, 2.24) is 0 Å². The summed E-state index contributed by atoms with van der Waals surface area (Å²) >= 11 is 4.72. The quantitative estimate of drug-likeness (QED) is 0.284. The first-order chi connectivity index (χ1) is 10.4. The summed E-state index contributed by atoms with van der Waals surface area (Å²) in [6.07, 6.45) is 2.05. The van der Waals surface area contributed by atoms with Crippen molar-refractivity contribution in [2.24, 2.45) is 0 Å². The summed E-state index contributed by atoms with van der Waals surface area (Å²) in [6, 6.07) is 0. The molecule has 142 valence electrons. The number of halogens is 2. The summed E-state index contributed by atoms with van der Waals surface area (Å²) < 4.78 is 2.43. The first-order valence-corrected chi connectivity index (χ1v) is 16.6. The average molecular weight is 594 g/mol. The van der Waals surface area contributed by atoms with Gasteiger partial charge in [0.1, 0.15) is 12.2 Å². The monoisotopic (exact) mass is 594 g/mol. The van der Waals surface area contributed by atoms with Gasteiger partial charge in [0, 0.05) is 0 Å². The molecule has 0 aliphatic heterocycles. The fourth-order valence-corrected chi connectivity index (χ4v) is 9.83. The van der Waals surface area contributed by atoms with E-state index in [1.165, 1.54) is 6.41 Å². The predicted octanol–water partition coefficient (Wildman–Crippen LogP) is 6.44. The number of aliphatic hydroxyl groups is 2. The van der Waals surface area contributed by atoms with E-state index in [0.29, 0.717) is 0 Å². The third-order valence-electron chi connectivity index (χ3n) is 5.93. The molecule has 0 aromatic carbocycles. The molecule has 0 saturated heterocycles. The van der Waals surface area contributed by atoms with Gasteiger partial charge < -0.3 is 10.2 Å². The van der Waals surface area contributed by atoms with E-state index >= 15 is 0 Å². The molecule has 0 aliphatic carbocycles. The Morgan fingerprint density at radius 2 is 0.917 bits per heavy atom. The summed E-state index contributed by atoms with van der Waals surface area (Å²) in [6.45, 7) is 22.8. The molecule has 0 spiro atoms. The summed E-state index contributed by atoms with van der Waals surface area (Å²) in [7, 11) is -3.32. The lowest BCUT2D eigenvalue weighted by Gasteiger charge is -2.38. The lowest BCUT2D eigenvalue weighted by Crippen LogP contribution is -2.40. The SMILES string of the molecule is CC(C)(C)[Si](C)(C)/C(I)=C/[C@@H](O)[C@H](O)/C=C(\I)[Si](C)(C)C(C)(C)C. The third-order valence-corrected chi connectivity index (χ3v) is 25.0. The van der Waals surface area contributed by atoms with E-state index in [0.717, 1.165) is 0 Å². The van der Waals surface area contributed by atoms with E-state index < -0.39 is 28.4 Å². The molecule has 0 saturated carbocycles. The molecule has 0 unspecified atom stereocenters. The molecule has 0 aromatic heterocycles. The average Bonchev–Trinajstić information content (AvgIpc) is 2.35. The molecule has 0 amide bonds. The first-order valence-electron chi connectivity index (χ1n) is 8.47. The summed E-state index contributed by atoms with van der Waals surface area (Å²) in [5.41, 5.74) is 0. The Balaban J connectivity index is 5.45. The highest BCUT2D eigenvalue weighted by Gasteiger charge is 2.39. The van der Waals surface area contributed by atoms with Gasteiger partial charge in [0.05, 0.1) is 16.1 Å². The van der Waals surface area contributed by atoms with Crippen LogP contribution in [0.25, 0.3) is 0 Å². The molecule has 2 atom stereocenters. The van der Waals surface area contributed by atoms with Crippen LogP contribution in [0.2, 0.25) is 36.3 Å². The highest BCUT2D eigenvalue weighted by Crippen LogP contribution is 2.44. The largest absolute Gasteiger partial charge is 0.386 e. The Hall–Kier alpha value is 1.29. The molecule has 2 nitrogen and oxygen atoms in total. The van der Waals surface area contributed by atoms with Crippen molar-refractivity contribution in [1.29, 1.82) is 0 Å². The molecule has 0 aromatic rings. The Morgan fingerprint density at radius 1 is 0.708 bits per heavy atom. The van der Waals surface area contributed by atoms with Crippen molar-refractivity contribution in [3.05, 3.63) is 18.6 Å². The molecule has 0 radical (unpaired) electrons. The smallest absolute Gasteiger partial charge is 0.102 e. The maximum Gasteiger partial charge on any atom is 0.102 e. The minimum Gasteiger partial charge on any atom is -0.386 e. The van der Waals surface area contributed by atoms with E-state index in [1.807, 2.05) is 12.2 Å². The molecule has 6 heteroatoms. The predicted molar refractivity (Wildman–Crippen MR) is 131 cm³/mol. The zero-order chi connectivity index (χ0) is 19.7. The maximum absolute atomic E-state index is 10.5. The topological polar surface area (TPSA) is 40.5 Å². The Labute approximate surface area is 178 Å². The van der Waals surface area contributed by atoms with Crippen molar-refractivity contribution in [2.45, 2.75) is 90.0 Å². The van der Waals surface area contributed by atoms with Crippen LogP contribution in [0, 0.1) is 0 Å². The van der Waals surface area contributed by atoms with Gasteiger partial charge in [-0.2, -0.15) is 0 Å². The lowest BCUT2D eigenvalue weighted by atomic mass is 10.2. The van der Waals surface area contributed by atoms with E-state index in [4.69, 9.17) is 0 Å². The number of aliphatic hydroxyl groups excluding tert-OH is 2.